The topological polar surface area (TPSA) is 55.8 Å². The van der Waals surface area contributed by atoms with Crippen molar-refractivity contribution in [1.82, 2.24) is 0 Å². The molecule has 4 nitrogen and oxygen atoms in total. The van der Waals surface area contributed by atoms with E-state index in [4.69, 9.17) is 14.6 Å². The lowest BCUT2D eigenvalue weighted by Crippen LogP contribution is -2.11. The van der Waals surface area contributed by atoms with Crippen molar-refractivity contribution in [3.8, 4) is 28.0 Å². The fourth-order valence-corrected chi connectivity index (χ4v) is 5.50. The number of aliphatic hydroxyl groups is 1. The molecule has 38 heavy (non-hydrogen) atoms. The second-order valence-corrected chi connectivity index (χ2v) is 10.3. The Morgan fingerprint density at radius 1 is 0.921 bits per heavy atom. The molecule has 1 aliphatic carbocycles. The number of carbonyl (C=O) groups is 1. The molecule has 1 N–H and O–H groups in total. The van der Waals surface area contributed by atoms with Crippen molar-refractivity contribution in [2.45, 2.75) is 58.3 Å². The summed E-state index contributed by atoms with van der Waals surface area (Å²) in [5, 5.41) is 9.02. The van der Waals surface area contributed by atoms with Crippen LogP contribution in [0, 0.1) is 5.92 Å². The minimum absolute atomic E-state index is 0.0165. The standard InChI is InChI=1S/C34H40O4/c1-4-25-22-28(26-8-6-24(3)7-9-26)12-16-32(25)29-13-17-33(30(23-29)18-20-38-34(36)5-2)27-10-14-31(15-11-27)37-21-19-35/h5,10-17,22-24,26,35H,2,4,6-9,18-21H2,1,3H3. The van der Waals surface area contributed by atoms with Crippen LogP contribution in [0.3, 0.4) is 0 Å². The Hall–Kier alpha value is -3.37. The van der Waals surface area contributed by atoms with E-state index in [1.165, 1.54) is 54.0 Å². The second kappa shape index (κ2) is 13.4. The first kappa shape index (κ1) is 27.7. The molecule has 0 saturated heterocycles. The Morgan fingerprint density at radius 2 is 1.61 bits per heavy atom. The van der Waals surface area contributed by atoms with Gasteiger partial charge < -0.3 is 14.6 Å². The van der Waals surface area contributed by atoms with Crippen molar-refractivity contribution in [3.05, 3.63) is 90.0 Å². The van der Waals surface area contributed by atoms with Crippen LogP contribution in [-0.2, 0) is 22.4 Å². The van der Waals surface area contributed by atoms with Gasteiger partial charge in [-0.3, -0.25) is 0 Å². The van der Waals surface area contributed by atoms with Gasteiger partial charge in [0.25, 0.3) is 0 Å². The van der Waals surface area contributed by atoms with Gasteiger partial charge in [0.15, 0.2) is 0 Å². The average molecular weight is 513 g/mol. The molecule has 4 rings (SSSR count). The van der Waals surface area contributed by atoms with Gasteiger partial charge in [-0.1, -0.05) is 81.8 Å². The molecule has 3 aromatic carbocycles. The van der Waals surface area contributed by atoms with Crippen molar-refractivity contribution < 1.29 is 19.4 Å². The highest BCUT2D eigenvalue weighted by atomic mass is 16.5. The summed E-state index contributed by atoms with van der Waals surface area (Å²) in [5.74, 6) is 1.84. The van der Waals surface area contributed by atoms with Crippen LogP contribution in [-0.4, -0.2) is 30.9 Å². The SMILES string of the molecule is C=CC(=O)OCCc1cc(-c2ccc(C3CCC(C)CC3)cc2CC)ccc1-c1ccc(OCCO)cc1. The molecule has 0 atom stereocenters. The minimum atomic E-state index is -0.408. The predicted molar refractivity (Wildman–Crippen MR) is 155 cm³/mol. The summed E-state index contributed by atoms with van der Waals surface area (Å²) >= 11 is 0. The van der Waals surface area contributed by atoms with Crippen LogP contribution in [0.4, 0.5) is 0 Å². The molecule has 0 radical (unpaired) electrons. The zero-order valence-electron chi connectivity index (χ0n) is 22.7. The van der Waals surface area contributed by atoms with Gasteiger partial charge in [0.1, 0.15) is 12.4 Å². The molecule has 0 bridgehead atoms. The van der Waals surface area contributed by atoms with Gasteiger partial charge in [-0.05, 0) is 82.2 Å². The third-order valence-corrected chi connectivity index (χ3v) is 7.72. The van der Waals surface area contributed by atoms with Crippen molar-refractivity contribution in [1.29, 1.82) is 0 Å². The summed E-state index contributed by atoms with van der Waals surface area (Å²) in [7, 11) is 0. The monoisotopic (exact) mass is 512 g/mol. The highest BCUT2D eigenvalue weighted by Crippen LogP contribution is 2.38. The van der Waals surface area contributed by atoms with Gasteiger partial charge >= 0.3 is 5.97 Å². The molecule has 0 aromatic heterocycles. The third-order valence-electron chi connectivity index (χ3n) is 7.72. The number of hydrogen-bond acceptors (Lipinski definition) is 4. The van der Waals surface area contributed by atoms with Crippen LogP contribution < -0.4 is 4.74 Å². The maximum absolute atomic E-state index is 11.7. The summed E-state index contributed by atoms with van der Waals surface area (Å²) in [6.07, 6.45) is 8.00. The summed E-state index contributed by atoms with van der Waals surface area (Å²) in [6.45, 7) is 8.64. The number of esters is 1. The second-order valence-electron chi connectivity index (χ2n) is 10.3. The number of ether oxygens (including phenoxy) is 2. The molecule has 0 amide bonds. The summed E-state index contributed by atoms with van der Waals surface area (Å²) < 4.78 is 10.9. The average Bonchev–Trinajstić information content (AvgIpc) is 2.96. The molecule has 0 unspecified atom stereocenters. The van der Waals surface area contributed by atoms with Gasteiger partial charge in [-0.15, -0.1) is 0 Å². The van der Waals surface area contributed by atoms with Crippen molar-refractivity contribution in [2.75, 3.05) is 19.8 Å². The van der Waals surface area contributed by atoms with Crippen LogP contribution in [0.15, 0.2) is 73.3 Å². The van der Waals surface area contributed by atoms with Crippen molar-refractivity contribution >= 4 is 5.97 Å². The largest absolute Gasteiger partial charge is 0.491 e. The van der Waals surface area contributed by atoms with Crippen molar-refractivity contribution in [3.63, 3.8) is 0 Å². The minimum Gasteiger partial charge on any atom is -0.491 e. The third kappa shape index (κ3) is 6.93. The van der Waals surface area contributed by atoms with E-state index >= 15 is 0 Å². The van der Waals surface area contributed by atoms with E-state index in [9.17, 15) is 4.79 Å². The molecule has 1 saturated carbocycles. The normalized spacial score (nSPS) is 17.1. The van der Waals surface area contributed by atoms with Crippen LogP contribution in [0.5, 0.6) is 5.75 Å². The van der Waals surface area contributed by atoms with Gasteiger partial charge in [0.2, 0.25) is 0 Å². The first-order chi connectivity index (χ1) is 18.5. The van der Waals surface area contributed by atoms with E-state index < -0.39 is 5.97 Å². The van der Waals surface area contributed by atoms with Crippen LogP contribution >= 0.6 is 0 Å². The summed E-state index contributed by atoms with van der Waals surface area (Å²) in [5.41, 5.74) is 8.60. The van der Waals surface area contributed by atoms with Gasteiger partial charge in [0, 0.05) is 12.5 Å². The maximum Gasteiger partial charge on any atom is 0.330 e. The molecule has 200 valence electrons. The molecular formula is C34H40O4. The lowest BCUT2D eigenvalue weighted by Gasteiger charge is -2.27. The number of hydrogen-bond donors (Lipinski definition) is 1. The molecule has 3 aromatic rings. The van der Waals surface area contributed by atoms with Gasteiger partial charge in [-0.25, -0.2) is 4.79 Å². The van der Waals surface area contributed by atoms with E-state index in [1.807, 2.05) is 24.3 Å². The Morgan fingerprint density at radius 3 is 2.29 bits per heavy atom. The highest BCUT2D eigenvalue weighted by Gasteiger charge is 2.21. The number of rotatable bonds is 11. The van der Waals surface area contributed by atoms with Crippen LogP contribution in [0.2, 0.25) is 0 Å². The zero-order valence-corrected chi connectivity index (χ0v) is 22.7. The fourth-order valence-electron chi connectivity index (χ4n) is 5.50. The Bertz CT molecular complexity index is 1220. The Balaban J connectivity index is 1.64. The highest BCUT2D eigenvalue weighted by molar-refractivity contribution is 5.81. The maximum atomic E-state index is 11.7. The van der Waals surface area contributed by atoms with Crippen LogP contribution in [0.25, 0.3) is 22.3 Å². The summed E-state index contributed by atoms with van der Waals surface area (Å²) in [4.78, 5) is 11.7. The van der Waals surface area contributed by atoms with E-state index in [-0.39, 0.29) is 13.2 Å². The number of aryl methyl sites for hydroxylation is 1. The summed E-state index contributed by atoms with van der Waals surface area (Å²) in [6, 6.07) is 21.6. The molecule has 1 fully saturated rings. The lowest BCUT2D eigenvalue weighted by atomic mass is 9.78. The van der Waals surface area contributed by atoms with E-state index in [0.29, 0.717) is 18.9 Å². The molecule has 0 spiro atoms. The van der Waals surface area contributed by atoms with Gasteiger partial charge in [-0.2, -0.15) is 0 Å². The van der Waals surface area contributed by atoms with Crippen molar-refractivity contribution in [2.24, 2.45) is 5.92 Å². The quantitative estimate of drug-likeness (QED) is 0.213. The van der Waals surface area contributed by atoms with E-state index in [0.717, 1.165) is 34.8 Å². The molecule has 1 aliphatic rings. The Labute approximate surface area is 227 Å². The molecular weight excluding hydrogens is 472 g/mol. The predicted octanol–water partition coefficient (Wildman–Crippen LogP) is 7.52. The lowest BCUT2D eigenvalue weighted by molar-refractivity contribution is -0.137. The van der Waals surface area contributed by atoms with E-state index in [2.05, 4.69) is 56.8 Å². The molecule has 0 heterocycles. The first-order valence-corrected chi connectivity index (χ1v) is 13.9. The van der Waals surface area contributed by atoms with Crippen LogP contribution in [0.1, 0.15) is 62.1 Å². The first-order valence-electron chi connectivity index (χ1n) is 13.9. The number of carbonyl (C=O) groups excluding carboxylic acids is 1. The zero-order chi connectivity index (χ0) is 26.9. The fraction of sp³-hybridized carbons (Fsp3) is 0.382. The molecule has 0 aliphatic heterocycles. The Kier molecular flexibility index (Phi) is 9.78. The number of aliphatic hydroxyl groups excluding tert-OH is 1. The van der Waals surface area contributed by atoms with Gasteiger partial charge in [0.05, 0.1) is 13.2 Å². The van der Waals surface area contributed by atoms with E-state index in [1.54, 1.807) is 0 Å². The number of benzene rings is 3. The smallest absolute Gasteiger partial charge is 0.330 e. The molecule has 4 heteroatoms.